The van der Waals surface area contributed by atoms with Gasteiger partial charge in [0.1, 0.15) is 11.5 Å². The van der Waals surface area contributed by atoms with Crippen molar-refractivity contribution in [3.63, 3.8) is 0 Å². The number of amides is 1. The number of nitrogens with two attached hydrogens (primary N) is 1. The molecule has 1 aromatic rings. The van der Waals surface area contributed by atoms with E-state index in [2.05, 4.69) is 11.2 Å². The van der Waals surface area contributed by atoms with Gasteiger partial charge in [0.2, 0.25) is 5.91 Å². The van der Waals surface area contributed by atoms with Crippen LogP contribution < -0.4 is 20.5 Å². The van der Waals surface area contributed by atoms with Gasteiger partial charge in [0.05, 0.1) is 25.9 Å². The first-order valence-electron chi connectivity index (χ1n) is 5.34. The monoisotopic (exact) mass is 248 g/mol. The Balaban J connectivity index is 2.84. The molecule has 0 aliphatic carbocycles. The average molecular weight is 248 g/mol. The summed E-state index contributed by atoms with van der Waals surface area (Å²) in [5, 5.41) is 2.66. The van der Waals surface area contributed by atoms with Crippen molar-refractivity contribution in [1.82, 2.24) is 0 Å². The molecule has 0 spiro atoms. The molecule has 0 saturated heterocycles. The summed E-state index contributed by atoms with van der Waals surface area (Å²) in [7, 11) is 3.06. The van der Waals surface area contributed by atoms with Crippen molar-refractivity contribution in [2.45, 2.75) is 12.5 Å². The number of terminal acetylenes is 1. The van der Waals surface area contributed by atoms with E-state index in [1.807, 2.05) is 0 Å². The maximum Gasteiger partial charge on any atom is 0.242 e. The molecule has 1 unspecified atom stereocenters. The summed E-state index contributed by atoms with van der Waals surface area (Å²) >= 11 is 0. The molecule has 5 nitrogen and oxygen atoms in total. The standard InChI is InChI=1S/C13H16N2O3/c1-4-5-10(14)13(16)15-11-7-6-9(17-2)8-12(11)18-3/h1,6-8,10H,5,14H2,2-3H3,(H,15,16). The topological polar surface area (TPSA) is 73.6 Å². The van der Waals surface area contributed by atoms with E-state index in [0.717, 1.165) is 0 Å². The number of benzene rings is 1. The van der Waals surface area contributed by atoms with E-state index in [4.69, 9.17) is 21.6 Å². The summed E-state index contributed by atoms with van der Waals surface area (Å²) in [6.45, 7) is 0. The van der Waals surface area contributed by atoms with Crippen molar-refractivity contribution in [3.05, 3.63) is 18.2 Å². The third kappa shape index (κ3) is 3.40. The molecule has 1 amide bonds. The SMILES string of the molecule is C#CCC(N)C(=O)Nc1ccc(OC)cc1OC. The summed E-state index contributed by atoms with van der Waals surface area (Å²) < 4.78 is 10.2. The average Bonchev–Trinajstić information content (AvgIpc) is 2.39. The first-order chi connectivity index (χ1) is 8.62. The Bertz CT molecular complexity index is 466. The number of ether oxygens (including phenoxy) is 2. The molecule has 0 radical (unpaired) electrons. The van der Waals surface area contributed by atoms with Crippen LogP contribution in [0.15, 0.2) is 18.2 Å². The normalized spacial score (nSPS) is 11.2. The lowest BCUT2D eigenvalue weighted by atomic mass is 10.2. The van der Waals surface area contributed by atoms with Gasteiger partial charge in [-0.25, -0.2) is 0 Å². The third-order valence-corrected chi connectivity index (χ3v) is 2.34. The minimum absolute atomic E-state index is 0.185. The summed E-state index contributed by atoms with van der Waals surface area (Å²) in [4.78, 5) is 11.7. The molecule has 0 aromatic heterocycles. The molecule has 1 rings (SSSR count). The summed E-state index contributed by atoms with van der Waals surface area (Å²) in [6.07, 6.45) is 5.29. The number of methoxy groups -OCH3 is 2. The van der Waals surface area contributed by atoms with Crippen molar-refractivity contribution < 1.29 is 14.3 Å². The van der Waals surface area contributed by atoms with Crippen molar-refractivity contribution in [2.75, 3.05) is 19.5 Å². The predicted molar refractivity (Wildman–Crippen MR) is 69.6 cm³/mol. The Labute approximate surface area is 106 Å². The highest BCUT2D eigenvalue weighted by Gasteiger charge is 2.14. The van der Waals surface area contributed by atoms with E-state index >= 15 is 0 Å². The number of hydrogen-bond acceptors (Lipinski definition) is 4. The molecule has 0 fully saturated rings. The van der Waals surface area contributed by atoms with Crippen LogP contribution in [0.1, 0.15) is 6.42 Å². The van der Waals surface area contributed by atoms with Gasteiger partial charge in [0.25, 0.3) is 0 Å². The molecule has 0 aliphatic heterocycles. The van der Waals surface area contributed by atoms with Gasteiger partial charge in [0, 0.05) is 12.5 Å². The smallest absolute Gasteiger partial charge is 0.242 e. The van der Waals surface area contributed by atoms with Gasteiger partial charge < -0.3 is 20.5 Å². The molecule has 0 heterocycles. The van der Waals surface area contributed by atoms with Gasteiger partial charge in [-0.1, -0.05) is 0 Å². The van der Waals surface area contributed by atoms with E-state index in [1.54, 1.807) is 25.3 Å². The van der Waals surface area contributed by atoms with E-state index in [9.17, 15) is 4.79 Å². The molecule has 5 heteroatoms. The molecular formula is C13H16N2O3. The van der Waals surface area contributed by atoms with Crippen LogP contribution in [-0.4, -0.2) is 26.2 Å². The summed E-state index contributed by atoms with van der Waals surface area (Å²) in [5.74, 6) is 3.13. The van der Waals surface area contributed by atoms with E-state index in [1.165, 1.54) is 7.11 Å². The molecule has 3 N–H and O–H groups in total. The van der Waals surface area contributed by atoms with Crippen LogP contribution in [0.5, 0.6) is 11.5 Å². The number of carbonyl (C=O) groups is 1. The summed E-state index contributed by atoms with van der Waals surface area (Å²) in [6, 6.07) is 4.33. The highest BCUT2D eigenvalue weighted by molar-refractivity contribution is 5.96. The van der Waals surface area contributed by atoms with Crippen LogP contribution in [0.4, 0.5) is 5.69 Å². The minimum Gasteiger partial charge on any atom is -0.497 e. The van der Waals surface area contributed by atoms with Crippen molar-refractivity contribution >= 4 is 11.6 Å². The number of anilines is 1. The fraction of sp³-hybridized carbons (Fsp3) is 0.308. The van der Waals surface area contributed by atoms with Gasteiger partial charge in [0.15, 0.2) is 0 Å². The molecule has 0 saturated carbocycles. The second kappa shape index (κ2) is 6.52. The van der Waals surface area contributed by atoms with Crippen LogP contribution >= 0.6 is 0 Å². The van der Waals surface area contributed by atoms with Crippen molar-refractivity contribution in [2.24, 2.45) is 5.73 Å². The van der Waals surface area contributed by atoms with Gasteiger partial charge in [-0.2, -0.15) is 0 Å². The molecule has 1 aromatic carbocycles. The lowest BCUT2D eigenvalue weighted by molar-refractivity contribution is -0.117. The Morgan fingerprint density at radius 1 is 1.50 bits per heavy atom. The van der Waals surface area contributed by atoms with Gasteiger partial charge >= 0.3 is 0 Å². The van der Waals surface area contributed by atoms with E-state index < -0.39 is 6.04 Å². The van der Waals surface area contributed by atoms with Gasteiger partial charge in [-0.15, -0.1) is 12.3 Å². The molecule has 1 atom stereocenters. The van der Waals surface area contributed by atoms with Crippen LogP contribution in [0.3, 0.4) is 0 Å². The zero-order valence-electron chi connectivity index (χ0n) is 10.4. The minimum atomic E-state index is -0.734. The van der Waals surface area contributed by atoms with Crippen LogP contribution in [0, 0.1) is 12.3 Å². The lowest BCUT2D eigenvalue weighted by Gasteiger charge is -2.13. The number of nitrogens with one attached hydrogen (secondary N) is 1. The summed E-state index contributed by atoms with van der Waals surface area (Å²) in [5.41, 5.74) is 6.13. The van der Waals surface area contributed by atoms with Crippen molar-refractivity contribution in [1.29, 1.82) is 0 Å². The number of hydrogen-bond donors (Lipinski definition) is 2. The second-order valence-corrected chi connectivity index (χ2v) is 3.57. The maximum absolute atomic E-state index is 11.7. The number of rotatable bonds is 5. The molecule has 18 heavy (non-hydrogen) atoms. The van der Waals surface area contributed by atoms with Crippen LogP contribution in [-0.2, 0) is 4.79 Å². The highest BCUT2D eigenvalue weighted by atomic mass is 16.5. The van der Waals surface area contributed by atoms with Crippen LogP contribution in [0.25, 0.3) is 0 Å². The fourth-order valence-corrected chi connectivity index (χ4v) is 1.35. The van der Waals surface area contributed by atoms with Crippen LogP contribution in [0.2, 0.25) is 0 Å². The van der Waals surface area contributed by atoms with E-state index in [0.29, 0.717) is 17.2 Å². The largest absolute Gasteiger partial charge is 0.497 e. The van der Waals surface area contributed by atoms with Crippen molar-refractivity contribution in [3.8, 4) is 23.8 Å². The van der Waals surface area contributed by atoms with Gasteiger partial charge in [-0.05, 0) is 12.1 Å². The predicted octanol–water partition coefficient (Wildman–Crippen LogP) is 0.993. The molecular weight excluding hydrogens is 232 g/mol. The van der Waals surface area contributed by atoms with E-state index in [-0.39, 0.29) is 12.3 Å². The second-order valence-electron chi connectivity index (χ2n) is 3.57. The first-order valence-corrected chi connectivity index (χ1v) is 5.34. The molecule has 0 aliphatic rings. The highest BCUT2D eigenvalue weighted by Crippen LogP contribution is 2.29. The van der Waals surface area contributed by atoms with Gasteiger partial charge in [-0.3, -0.25) is 4.79 Å². The zero-order valence-corrected chi connectivity index (χ0v) is 10.4. The Hall–Kier alpha value is -2.19. The third-order valence-electron chi connectivity index (χ3n) is 2.34. The number of carbonyl (C=O) groups excluding carboxylic acids is 1. The Morgan fingerprint density at radius 3 is 2.78 bits per heavy atom. The Kier molecular flexibility index (Phi) is 5.03. The lowest BCUT2D eigenvalue weighted by Crippen LogP contribution is -2.35. The fourth-order valence-electron chi connectivity index (χ4n) is 1.35. The Morgan fingerprint density at radius 2 is 2.22 bits per heavy atom. The first kappa shape index (κ1) is 13.9. The maximum atomic E-state index is 11.7. The molecule has 96 valence electrons. The quantitative estimate of drug-likeness (QED) is 0.762. The molecule has 0 bridgehead atoms. The zero-order chi connectivity index (χ0) is 13.5.